The van der Waals surface area contributed by atoms with Gasteiger partial charge in [-0.05, 0) is 37.4 Å². The Morgan fingerprint density at radius 3 is 2.27 bits per heavy atom. The Hall–Kier alpha value is -1.41. The minimum absolute atomic E-state index is 0.0666. The molecule has 0 aliphatic carbocycles. The molecule has 0 saturated carbocycles. The predicted octanol–water partition coefficient (Wildman–Crippen LogP) is 4.26. The van der Waals surface area contributed by atoms with Crippen molar-refractivity contribution in [3.63, 3.8) is 0 Å². The van der Waals surface area contributed by atoms with Crippen LogP contribution in [0.25, 0.3) is 10.2 Å². The fraction of sp³-hybridized carbons (Fsp3) is 0.133. The van der Waals surface area contributed by atoms with E-state index in [-0.39, 0.29) is 4.90 Å². The van der Waals surface area contributed by atoms with Gasteiger partial charge in [0, 0.05) is 0 Å². The van der Waals surface area contributed by atoms with Crippen LogP contribution in [0.5, 0.6) is 0 Å². The van der Waals surface area contributed by atoms with E-state index in [1.54, 1.807) is 35.2 Å². The number of aryl methyl sites for hydroxylation is 1. The van der Waals surface area contributed by atoms with Gasteiger partial charge in [-0.25, -0.2) is 4.98 Å². The fourth-order valence-corrected chi connectivity index (χ4v) is 3.62. The third kappa shape index (κ3) is 4.54. The zero-order valence-electron chi connectivity index (χ0n) is 12.1. The zero-order valence-corrected chi connectivity index (χ0v) is 14.5. The SMILES string of the molecule is CSc1nc2ccccc2s1.Cc1ccc(S(=O)(=O)O)cc1. The Bertz CT molecular complexity index is 822. The van der Waals surface area contributed by atoms with E-state index in [0.29, 0.717) is 0 Å². The molecule has 0 radical (unpaired) electrons. The van der Waals surface area contributed by atoms with Crippen molar-refractivity contribution in [1.82, 2.24) is 4.98 Å². The van der Waals surface area contributed by atoms with Crippen LogP contribution >= 0.6 is 23.1 Å². The lowest BCUT2D eigenvalue weighted by Crippen LogP contribution is -1.96. The van der Waals surface area contributed by atoms with Crippen molar-refractivity contribution in [3.8, 4) is 0 Å². The van der Waals surface area contributed by atoms with Crippen LogP contribution in [0.4, 0.5) is 0 Å². The second-order valence-electron chi connectivity index (χ2n) is 4.44. The maximum Gasteiger partial charge on any atom is 0.294 e. The van der Waals surface area contributed by atoms with E-state index < -0.39 is 10.1 Å². The second kappa shape index (κ2) is 7.23. The molecule has 22 heavy (non-hydrogen) atoms. The van der Waals surface area contributed by atoms with E-state index >= 15 is 0 Å². The second-order valence-corrected chi connectivity index (χ2v) is 7.95. The lowest BCUT2D eigenvalue weighted by atomic mass is 10.2. The fourth-order valence-electron chi connectivity index (χ4n) is 1.65. The van der Waals surface area contributed by atoms with E-state index in [4.69, 9.17) is 4.55 Å². The lowest BCUT2D eigenvalue weighted by molar-refractivity contribution is 0.483. The number of fused-ring (bicyclic) bond motifs is 1. The first-order valence-corrected chi connectivity index (χ1v) is 9.82. The van der Waals surface area contributed by atoms with Crippen molar-refractivity contribution in [1.29, 1.82) is 0 Å². The third-order valence-electron chi connectivity index (χ3n) is 2.77. The summed E-state index contributed by atoms with van der Waals surface area (Å²) in [5, 5.41) is 0. The van der Waals surface area contributed by atoms with Crippen LogP contribution < -0.4 is 0 Å². The molecule has 0 unspecified atom stereocenters. The molecule has 0 spiro atoms. The highest BCUT2D eigenvalue weighted by atomic mass is 32.2. The number of rotatable bonds is 2. The number of aromatic nitrogens is 1. The molecule has 3 aromatic rings. The monoisotopic (exact) mass is 353 g/mol. The van der Waals surface area contributed by atoms with Gasteiger partial charge in [0.1, 0.15) is 0 Å². The van der Waals surface area contributed by atoms with Crippen LogP contribution in [0.15, 0.2) is 57.8 Å². The summed E-state index contributed by atoms with van der Waals surface area (Å²) < 4.78 is 32.0. The summed E-state index contributed by atoms with van der Waals surface area (Å²) in [7, 11) is -4.02. The largest absolute Gasteiger partial charge is 0.294 e. The highest BCUT2D eigenvalue weighted by molar-refractivity contribution is 8.00. The van der Waals surface area contributed by atoms with Crippen molar-refractivity contribution in [2.45, 2.75) is 16.2 Å². The van der Waals surface area contributed by atoms with Gasteiger partial charge in [0.25, 0.3) is 10.1 Å². The van der Waals surface area contributed by atoms with Crippen molar-refractivity contribution < 1.29 is 13.0 Å². The summed E-state index contributed by atoms with van der Waals surface area (Å²) in [4.78, 5) is 4.35. The summed E-state index contributed by atoms with van der Waals surface area (Å²) in [5.74, 6) is 0. The number of benzene rings is 2. The number of hydrogen-bond donors (Lipinski definition) is 1. The molecule has 3 rings (SSSR count). The summed E-state index contributed by atoms with van der Waals surface area (Å²) in [5.41, 5.74) is 2.07. The van der Waals surface area contributed by atoms with Crippen LogP contribution in [0, 0.1) is 6.92 Å². The molecule has 1 aromatic heterocycles. The first kappa shape index (κ1) is 17.0. The number of para-hydroxylation sites is 1. The highest BCUT2D eigenvalue weighted by Gasteiger charge is 2.06. The van der Waals surface area contributed by atoms with Crippen molar-refractivity contribution in [2.24, 2.45) is 0 Å². The Morgan fingerprint density at radius 1 is 1.09 bits per heavy atom. The van der Waals surface area contributed by atoms with Crippen molar-refractivity contribution >= 4 is 43.4 Å². The summed E-state index contributed by atoms with van der Waals surface area (Å²) in [6.07, 6.45) is 2.05. The molecule has 1 N–H and O–H groups in total. The van der Waals surface area contributed by atoms with Gasteiger partial charge in [-0.1, -0.05) is 41.6 Å². The summed E-state index contributed by atoms with van der Waals surface area (Å²) >= 11 is 3.45. The van der Waals surface area contributed by atoms with Crippen LogP contribution in [0.1, 0.15) is 5.56 Å². The van der Waals surface area contributed by atoms with Crippen LogP contribution in [-0.4, -0.2) is 24.2 Å². The summed E-state index contributed by atoms with van der Waals surface area (Å²) in [6.45, 7) is 1.84. The number of nitrogens with zero attached hydrogens (tertiary/aromatic N) is 1. The van der Waals surface area contributed by atoms with Gasteiger partial charge < -0.3 is 0 Å². The zero-order chi connectivity index (χ0) is 16.2. The molecular formula is C15H15NO3S3. The molecule has 1 heterocycles. The first-order valence-electron chi connectivity index (χ1n) is 6.34. The topological polar surface area (TPSA) is 67.3 Å². The quantitative estimate of drug-likeness (QED) is 0.551. The van der Waals surface area contributed by atoms with Crippen LogP contribution in [0.2, 0.25) is 0 Å². The molecule has 0 saturated heterocycles. The Morgan fingerprint density at radius 2 is 1.73 bits per heavy atom. The number of thiazole rings is 1. The van der Waals surface area contributed by atoms with Gasteiger partial charge in [-0.3, -0.25) is 4.55 Å². The Labute approximate surface area is 138 Å². The lowest BCUT2D eigenvalue weighted by Gasteiger charge is -1.95. The van der Waals surface area contributed by atoms with Crippen LogP contribution in [0.3, 0.4) is 0 Å². The molecule has 0 aliphatic heterocycles. The molecule has 0 aliphatic rings. The Kier molecular flexibility index (Phi) is 5.57. The maximum atomic E-state index is 10.5. The van der Waals surface area contributed by atoms with E-state index in [9.17, 15) is 8.42 Å². The van der Waals surface area contributed by atoms with Gasteiger partial charge in [-0.15, -0.1) is 11.3 Å². The molecule has 7 heteroatoms. The van der Waals surface area contributed by atoms with E-state index in [0.717, 1.165) is 15.4 Å². The molecule has 0 atom stereocenters. The van der Waals surface area contributed by atoms with Crippen molar-refractivity contribution in [2.75, 3.05) is 6.26 Å². The number of thioether (sulfide) groups is 1. The smallest absolute Gasteiger partial charge is 0.282 e. The summed E-state index contributed by atoms with van der Waals surface area (Å²) in [6, 6.07) is 14.2. The van der Waals surface area contributed by atoms with Gasteiger partial charge >= 0.3 is 0 Å². The van der Waals surface area contributed by atoms with Gasteiger partial charge in [0.05, 0.1) is 15.1 Å². The molecule has 4 nitrogen and oxygen atoms in total. The van der Waals surface area contributed by atoms with Crippen molar-refractivity contribution in [3.05, 3.63) is 54.1 Å². The molecule has 0 bridgehead atoms. The molecule has 2 aromatic carbocycles. The normalized spacial score (nSPS) is 11.0. The van der Waals surface area contributed by atoms with Gasteiger partial charge in [-0.2, -0.15) is 8.42 Å². The first-order chi connectivity index (χ1) is 10.4. The van der Waals surface area contributed by atoms with E-state index in [1.165, 1.54) is 16.8 Å². The van der Waals surface area contributed by atoms with Gasteiger partial charge in [0.2, 0.25) is 0 Å². The standard InChI is InChI=1S/C8H7NS2.C7H8O3S/c1-10-8-9-6-4-2-3-5-7(6)11-8;1-6-2-4-7(5-3-6)11(8,9)10/h2-5H,1H3;2-5H,1H3,(H,8,9,10). The molecular weight excluding hydrogens is 338 g/mol. The Balaban J connectivity index is 0.000000160. The average Bonchev–Trinajstić information content (AvgIpc) is 2.90. The third-order valence-corrected chi connectivity index (χ3v) is 5.66. The van der Waals surface area contributed by atoms with Crippen LogP contribution in [-0.2, 0) is 10.1 Å². The molecule has 116 valence electrons. The van der Waals surface area contributed by atoms with Gasteiger partial charge in [0.15, 0.2) is 4.34 Å². The molecule has 0 amide bonds. The number of hydrogen-bond acceptors (Lipinski definition) is 5. The average molecular weight is 353 g/mol. The maximum absolute atomic E-state index is 10.5. The molecule has 0 fully saturated rings. The minimum Gasteiger partial charge on any atom is -0.282 e. The highest BCUT2D eigenvalue weighted by Crippen LogP contribution is 2.27. The predicted molar refractivity (Wildman–Crippen MR) is 92.4 cm³/mol. The van der Waals surface area contributed by atoms with E-state index in [2.05, 4.69) is 17.3 Å². The van der Waals surface area contributed by atoms with E-state index in [1.807, 2.05) is 25.1 Å². The minimum atomic E-state index is -4.02.